The molecule has 0 saturated carbocycles. The number of pyridine rings is 1. The van der Waals surface area contributed by atoms with Gasteiger partial charge in [0.2, 0.25) is 0 Å². The van der Waals surface area contributed by atoms with Gasteiger partial charge >= 0.3 is 0 Å². The molecule has 0 fully saturated rings. The van der Waals surface area contributed by atoms with Crippen LogP contribution in [-0.2, 0) is 5.41 Å². The average Bonchev–Trinajstić information content (AvgIpc) is 3.88. The lowest BCUT2D eigenvalue weighted by molar-refractivity contribution is 0.477. The van der Waals surface area contributed by atoms with Crippen molar-refractivity contribution in [3.05, 3.63) is 194 Å². The number of furan rings is 1. The second-order valence-corrected chi connectivity index (χ2v) is 16.8. The van der Waals surface area contributed by atoms with Gasteiger partial charge in [0.1, 0.15) is 22.7 Å². The van der Waals surface area contributed by atoms with Crippen LogP contribution in [0, 0.1) is 0 Å². The number of rotatable bonds is 6. The van der Waals surface area contributed by atoms with Gasteiger partial charge in [0.05, 0.1) is 33.4 Å². The molecule has 3 aromatic heterocycles. The molecule has 292 valence electrons. The van der Waals surface area contributed by atoms with Gasteiger partial charge in [-0.05, 0) is 99.3 Å². The lowest BCUT2D eigenvalue weighted by atomic mass is 9.85. The lowest BCUT2D eigenvalue weighted by Crippen LogP contribution is -2.12. The summed E-state index contributed by atoms with van der Waals surface area (Å²) in [5, 5.41) is 15.7. The summed E-state index contributed by atoms with van der Waals surface area (Å²) in [5.41, 5.74) is 14.3. The molecule has 5 heteroatoms. The fraction of sp³-hybridized carbons (Fsp3) is 0.0714. The zero-order valence-electron chi connectivity index (χ0n) is 34.1. The summed E-state index contributed by atoms with van der Waals surface area (Å²) in [7, 11) is 0. The minimum atomic E-state index is -0.0655. The predicted molar refractivity (Wildman–Crippen MR) is 251 cm³/mol. The number of fused-ring (bicyclic) bond motifs is 6. The van der Waals surface area contributed by atoms with E-state index >= 15 is 0 Å². The molecule has 1 N–H and O–H groups in total. The molecule has 0 atom stereocenters. The maximum Gasteiger partial charge on any atom is 0.149 e. The SMILES string of the molecule is CC(C)(C)c1ccc(-n2c(-c3ccccc3O)nc3c(-c4cc(-c5ccccc5)cc(-c5nccc6oc7c8ccccc8ccc7c56)c4)cccc32)c(-c2ccccc2)c1. The van der Waals surface area contributed by atoms with Crippen molar-refractivity contribution < 1.29 is 9.52 Å². The standard InChI is InChI=1S/C56H41N3O2/c1-56(2,3)41-26-28-47(46(34-41)36-17-8-5-9-18-36)59-48-23-14-22-42(53(48)58-55(59)44-21-12-13-24-49(44)60)39-31-38(35-15-6-4-7-16-35)32-40(33-39)52-51-45-27-25-37-19-10-11-20-43(37)54(45)61-50(51)29-30-57-52/h4-34,60H,1-3H3. The minimum absolute atomic E-state index is 0.0655. The fourth-order valence-corrected chi connectivity index (χ4v) is 8.85. The van der Waals surface area contributed by atoms with Crippen LogP contribution < -0.4 is 0 Å². The Labute approximate surface area is 353 Å². The Balaban J connectivity index is 1.19. The van der Waals surface area contributed by atoms with E-state index in [0.29, 0.717) is 11.4 Å². The van der Waals surface area contributed by atoms with Crippen molar-refractivity contribution in [2.75, 3.05) is 0 Å². The second kappa shape index (κ2) is 14.2. The summed E-state index contributed by atoms with van der Waals surface area (Å²) in [6.45, 7) is 6.73. The molecule has 0 radical (unpaired) electrons. The molecular formula is C56H41N3O2. The Morgan fingerprint density at radius 1 is 0.541 bits per heavy atom. The molecule has 0 bridgehead atoms. The Bertz CT molecular complexity index is 3460. The molecular weight excluding hydrogens is 747 g/mol. The summed E-state index contributed by atoms with van der Waals surface area (Å²) in [6.07, 6.45) is 1.84. The van der Waals surface area contributed by atoms with Crippen molar-refractivity contribution in [3.8, 4) is 67.5 Å². The first-order valence-corrected chi connectivity index (χ1v) is 20.7. The third-order valence-corrected chi connectivity index (χ3v) is 11.9. The van der Waals surface area contributed by atoms with E-state index in [2.05, 4.69) is 165 Å². The van der Waals surface area contributed by atoms with Gasteiger partial charge < -0.3 is 9.52 Å². The molecule has 5 nitrogen and oxygen atoms in total. The molecule has 0 spiro atoms. The van der Waals surface area contributed by atoms with Crippen molar-refractivity contribution in [3.63, 3.8) is 0 Å². The molecule has 11 aromatic rings. The molecule has 8 aromatic carbocycles. The average molecular weight is 788 g/mol. The molecule has 3 heterocycles. The molecule has 0 amide bonds. The molecule has 0 unspecified atom stereocenters. The van der Waals surface area contributed by atoms with Gasteiger partial charge in [-0.3, -0.25) is 9.55 Å². The molecule has 0 aliphatic rings. The zero-order valence-corrected chi connectivity index (χ0v) is 34.1. The Kier molecular flexibility index (Phi) is 8.46. The smallest absolute Gasteiger partial charge is 0.149 e. The Hall–Kier alpha value is -7.76. The largest absolute Gasteiger partial charge is 0.507 e. The van der Waals surface area contributed by atoms with Crippen LogP contribution in [0.5, 0.6) is 5.75 Å². The van der Waals surface area contributed by atoms with Crippen molar-refractivity contribution in [2.45, 2.75) is 26.2 Å². The van der Waals surface area contributed by atoms with Crippen LogP contribution in [0.3, 0.4) is 0 Å². The van der Waals surface area contributed by atoms with E-state index in [9.17, 15) is 5.11 Å². The van der Waals surface area contributed by atoms with Crippen LogP contribution in [0.1, 0.15) is 26.3 Å². The van der Waals surface area contributed by atoms with Crippen LogP contribution in [0.15, 0.2) is 193 Å². The molecule has 0 aliphatic carbocycles. The lowest BCUT2D eigenvalue weighted by Gasteiger charge is -2.23. The van der Waals surface area contributed by atoms with E-state index in [1.165, 1.54) is 5.56 Å². The van der Waals surface area contributed by atoms with E-state index in [1.54, 1.807) is 6.07 Å². The van der Waals surface area contributed by atoms with Crippen LogP contribution >= 0.6 is 0 Å². The van der Waals surface area contributed by atoms with Gasteiger partial charge in [-0.15, -0.1) is 0 Å². The number of phenols is 1. The van der Waals surface area contributed by atoms with Crippen LogP contribution in [-0.4, -0.2) is 19.6 Å². The predicted octanol–water partition coefficient (Wildman–Crippen LogP) is 14.8. The van der Waals surface area contributed by atoms with Crippen LogP contribution in [0.2, 0.25) is 0 Å². The van der Waals surface area contributed by atoms with Crippen molar-refractivity contribution in [1.82, 2.24) is 14.5 Å². The van der Waals surface area contributed by atoms with E-state index in [0.717, 1.165) is 94.1 Å². The van der Waals surface area contributed by atoms with E-state index in [4.69, 9.17) is 14.4 Å². The Morgan fingerprint density at radius 3 is 2.05 bits per heavy atom. The number of hydrogen-bond donors (Lipinski definition) is 1. The number of para-hydroxylation sites is 2. The summed E-state index contributed by atoms with van der Waals surface area (Å²) in [6, 6.07) is 63.0. The van der Waals surface area contributed by atoms with E-state index in [1.807, 2.05) is 42.6 Å². The minimum Gasteiger partial charge on any atom is -0.507 e. The van der Waals surface area contributed by atoms with Crippen LogP contribution in [0.4, 0.5) is 0 Å². The number of aromatic nitrogens is 3. The molecule has 0 aliphatic heterocycles. The van der Waals surface area contributed by atoms with Crippen molar-refractivity contribution >= 4 is 43.7 Å². The van der Waals surface area contributed by atoms with Gasteiger partial charge in [-0.2, -0.15) is 0 Å². The number of benzene rings is 8. The molecule has 0 saturated heterocycles. The van der Waals surface area contributed by atoms with Crippen molar-refractivity contribution in [2.24, 2.45) is 0 Å². The number of nitrogens with zero attached hydrogens (tertiary/aromatic N) is 3. The van der Waals surface area contributed by atoms with Crippen LogP contribution in [0.25, 0.3) is 105 Å². The molecule has 61 heavy (non-hydrogen) atoms. The maximum absolute atomic E-state index is 11.4. The third kappa shape index (κ3) is 6.17. The summed E-state index contributed by atoms with van der Waals surface area (Å²) in [5.74, 6) is 0.824. The highest BCUT2D eigenvalue weighted by Crippen LogP contribution is 2.44. The first kappa shape index (κ1) is 36.3. The monoisotopic (exact) mass is 787 g/mol. The highest BCUT2D eigenvalue weighted by Gasteiger charge is 2.25. The summed E-state index contributed by atoms with van der Waals surface area (Å²) in [4.78, 5) is 10.6. The van der Waals surface area contributed by atoms with E-state index < -0.39 is 0 Å². The van der Waals surface area contributed by atoms with Gasteiger partial charge in [0, 0.05) is 33.7 Å². The Morgan fingerprint density at radius 2 is 1.25 bits per heavy atom. The normalized spacial score (nSPS) is 11.9. The zero-order chi connectivity index (χ0) is 41.2. The van der Waals surface area contributed by atoms with Gasteiger partial charge in [-0.1, -0.05) is 142 Å². The van der Waals surface area contributed by atoms with Gasteiger partial charge in [0.25, 0.3) is 0 Å². The summed E-state index contributed by atoms with van der Waals surface area (Å²) < 4.78 is 8.84. The highest BCUT2D eigenvalue weighted by atomic mass is 16.3. The number of aromatic hydroxyl groups is 1. The number of hydrogen-bond acceptors (Lipinski definition) is 4. The quantitative estimate of drug-likeness (QED) is 0.182. The maximum atomic E-state index is 11.4. The topological polar surface area (TPSA) is 64.1 Å². The van der Waals surface area contributed by atoms with Gasteiger partial charge in [0.15, 0.2) is 0 Å². The fourth-order valence-electron chi connectivity index (χ4n) is 8.85. The first-order chi connectivity index (χ1) is 29.8. The summed E-state index contributed by atoms with van der Waals surface area (Å²) >= 11 is 0. The second-order valence-electron chi connectivity index (χ2n) is 16.8. The molecule has 11 rings (SSSR count). The third-order valence-electron chi connectivity index (χ3n) is 11.9. The first-order valence-electron chi connectivity index (χ1n) is 20.7. The van der Waals surface area contributed by atoms with Gasteiger partial charge in [-0.25, -0.2) is 4.98 Å². The number of imidazole rings is 1. The number of phenolic OH excluding ortho intramolecular Hbond substituents is 1. The van der Waals surface area contributed by atoms with E-state index in [-0.39, 0.29) is 11.2 Å². The highest BCUT2D eigenvalue weighted by molar-refractivity contribution is 6.18. The van der Waals surface area contributed by atoms with Crippen molar-refractivity contribution in [1.29, 1.82) is 0 Å².